The molecule has 1 atom stereocenters. The first-order valence-corrected chi connectivity index (χ1v) is 9.08. The molecule has 27 heavy (non-hydrogen) atoms. The SMILES string of the molecule is Cc1cc(-c2ccc(C(N)=O)cc2)nc2cc(N3C(=O)CCC3C)ccc12. The molecule has 0 saturated carbocycles. The maximum absolute atomic E-state index is 12.2. The van der Waals surface area contributed by atoms with Crippen LogP contribution in [0.2, 0.25) is 0 Å². The summed E-state index contributed by atoms with van der Waals surface area (Å²) < 4.78 is 0. The number of fused-ring (bicyclic) bond motifs is 1. The van der Waals surface area contributed by atoms with E-state index in [1.54, 1.807) is 12.1 Å². The number of rotatable bonds is 3. The van der Waals surface area contributed by atoms with Gasteiger partial charge in [0.1, 0.15) is 0 Å². The molecule has 0 bridgehead atoms. The summed E-state index contributed by atoms with van der Waals surface area (Å²) in [6.07, 6.45) is 1.48. The number of primary amides is 1. The Labute approximate surface area is 157 Å². The van der Waals surface area contributed by atoms with E-state index in [9.17, 15) is 9.59 Å². The van der Waals surface area contributed by atoms with Crippen LogP contribution in [-0.4, -0.2) is 22.8 Å². The summed E-state index contributed by atoms with van der Waals surface area (Å²) in [6, 6.07) is 15.4. The number of carbonyl (C=O) groups excluding carboxylic acids is 2. The van der Waals surface area contributed by atoms with Crippen molar-refractivity contribution in [3.63, 3.8) is 0 Å². The first kappa shape index (κ1) is 17.2. The number of anilines is 1. The molecule has 1 saturated heterocycles. The fraction of sp³-hybridized carbons (Fsp3) is 0.227. The average Bonchev–Trinajstić information content (AvgIpc) is 2.99. The Morgan fingerprint density at radius 3 is 2.52 bits per heavy atom. The fourth-order valence-corrected chi connectivity index (χ4v) is 3.72. The topological polar surface area (TPSA) is 76.3 Å². The van der Waals surface area contributed by atoms with Crippen molar-refractivity contribution in [1.82, 2.24) is 4.98 Å². The number of amides is 2. The molecule has 1 unspecified atom stereocenters. The largest absolute Gasteiger partial charge is 0.366 e. The fourth-order valence-electron chi connectivity index (χ4n) is 3.72. The van der Waals surface area contributed by atoms with E-state index in [1.165, 1.54) is 0 Å². The molecule has 5 heteroatoms. The summed E-state index contributed by atoms with van der Waals surface area (Å²) in [4.78, 5) is 30.2. The highest BCUT2D eigenvalue weighted by molar-refractivity contribution is 5.98. The van der Waals surface area contributed by atoms with Gasteiger partial charge in [-0.1, -0.05) is 18.2 Å². The molecular formula is C22H21N3O2. The van der Waals surface area contributed by atoms with Crippen LogP contribution in [0.3, 0.4) is 0 Å². The van der Waals surface area contributed by atoms with Crippen molar-refractivity contribution in [3.05, 3.63) is 59.7 Å². The summed E-state index contributed by atoms with van der Waals surface area (Å²) in [5, 5.41) is 1.07. The van der Waals surface area contributed by atoms with Crippen LogP contribution in [0.25, 0.3) is 22.2 Å². The molecule has 0 spiro atoms. The van der Waals surface area contributed by atoms with Crippen molar-refractivity contribution in [1.29, 1.82) is 0 Å². The van der Waals surface area contributed by atoms with E-state index in [-0.39, 0.29) is 11.9 Å². The molecule has 2 amide bonds. The van der Waals surface area contributed by atoms with Gasteiger partial charge in [-0.2, -0.15) is 0 Å². The van der Waals surface area contributed by atoms with Gasteiger partial charge in [0.2, 0.25) is 11.8 Å². The van der Waals surface area contributed by atoms with Crippen molar-refractivity contribution in [2.45, 2.75) is 32.7 Å². The van der Waals surface area contributed by atoms with Gasteiger partial charge in [-0.3, -0.25) is 9.59 Å². The quantitative estimate of drug-likeness (QED) is 0.772. The smallest absolute Gasteiger partial charge is 0.248 e. The minimum absolute atomic E-state index is 0.164. The molecule has 0 radical (unpaired) electrons. The number of carbonyl (C=O) groups is 2. The van der Waals surface area contributed by atoms with Gasteiger partial charge in [0.25, 0.3) is 0 Å². The highest BCUT2D eigenvalue weighted by Crippen LogP contribution is 2.31. The molecule has 1 aliphatic heterocycles. The minimum Gasteiger partial charge on any atom is -0.366 e. The second kappa shape index (κ2) is 6.50. The molecule has 0 aliphatic carbocycles. The zero-order valence-electron chi connectivity index (χ0n) is 15.4. The van der Waals surface area contributed by atoms with E-state index in [1.807, 2.05) is 41.3 Å². The van der Waals surface area contributed by atoms with E-state index in [0.717, 1.165) is 39.8 Å². The Morgan fingerprint density at radius 1 is 1.15 bits per heavy atom. The lowest BCUT2D eigenvalue weighted by molar-refractivity contribution is -0.117. The van der Waals surface area contributed by atoms with Crippen molar-refractivity contribution >= 4 is 28.4 Å². The number of benzene rings is 2. The van der Waals surface area contributed by atoms with Crippen molar-refractivity contribution in [3.8, 4) is 11.3 Å². The van der Waals surface area contributed by atoms with Gasteiger partial charge in [-0.15, -0.1) is 0 Å². The molecule has 5 nitrogen and oxygen atoms in total. The van der Waals surface area contributed by atoms with Gasteiger partial charge in [0.05, 0.1) is 11.2 Å². The molecule has 4 rings (SSSR count). The van der Waals surface area contributed by atoms with Crippen LogP contribution < -0.4 is 10.6 Å². The van der Waals surface area contributed by atoms with Gasteiger partial charge >= 0.3 is 0 Å². The van der Waals surface area contributed by atoms with Crippen LogP contribution in [0.1, 0.15) is 35.7 Å². The Kier molecular flexibility index (Phi) is 4.15. The van der Waals surface area contributed by atoms with E-state index >= 15 is 0 Å². The zero-order chi connectivity index (χ0) is 19.1. The molecule has 1 aliphatic rings. The van der Waals surface area contributed by atoms with E-state index in [4.69, 9.17) is 10.7 Å². The van der Waals surface area contributed by atoms with Crippen LogP contribution in [0.15, 0.2) is 48.5 Å². The molecular weight excluding hydrogens is 338 g/mol. The number of hydrogen-bond acceptors (Lipinski definition) is 3. The molecule has 136 valence electrons. The third-order valence-electron chi connectivity index (χ3n) is 5.23. The lowest BCUT2D eigenvalue weighted by Crippen LogP contribution is -2.30. The van der Waals surface area contributed by atoms with Gasteiger partial charge in [0, 0.05) is 34.7 Å². The molecule has 2 heterocycles. The summed E-state index contributed by atoms with van der Waals surface area (Å²) >= 11 is 0. The minimum atomic E-state index is -0.446. The van der Waals surface area contributed by atoms with Crippen LogP contribution in [0, 0.1) is 6.92 Å². The van der Waals surface area contributed by atoms with Crippen molar-refractivity contribution in [2.24, 2.45) is 5.73 Å². The number of aromatic nitrogens is 1. The van der Waals surface area contributed by atoms with E-state index < -0.39 is 5.91 Å². The molecule has 2 aromatic carbocycles. The first-order chi connectivity index (χ1) is 12.9. The second-order valence-corrected chi connectivity index (χ2v) is 7.12. The van der Waals surface area contributed by atoms with Crippen LogP contribution in [-0.2, 0) is 4.79 Å². The lowest BCUT2D eigenvalue weighted by atomic mass is 10.0. The Bertz CT molecular complexity index is 1060. The number of hydrogen-bond donors (Lipinski definition) is 1. The molecule has 3 aromatic rings. The van der Waals surface area contributed by atoms with Gasteiger partial charge in [-0.25, -0.2) is 4.98 Å². The Hall–Kier alpha value is -3.21. The maximum Gasteiger partial charge on any atom is 0.248 e. The van der Waals surface area contributed by atoms with E-state index in [2.05, 4.69) is 13.8 Å². The maximum atomic E-state index is 12.2. The normalized spacial score (nSPS) is 16.9. The highest BCUT2D eigenvalue weighted by Gasteiger charge is 2.28. The van der Waals surface area contributed by atoms with Crippen LogP contribution in [0.4, 0.5) is 5.69 Å². The Balaban J connectivity index is 1.79. The third kappa shape index (κ3) is 3.05. The summed E-state index contributed by atoms with van der Waals surface area (Å²) in [7, 11) is 0. The standard InChI is InChI=1S/C22H21N3O2/c1-13-11-19(15-4-6-16(7-5-15)22(23)27)24-20-12-17(8-9-18(13)20)25-14(2)3-10-21(25)26/h4-9,11-12,14H,3,10H2,1-2H3,(H2,23,27). The number of nitrogens with zero attached hydrogens (tertiary/aromatic N) is 2. The summed E-state index contributed by atoms with van der Waals surface area (Å²) in [5.41, 5.74) is 10.4. The zero-order valence-corrected chi connectivity index (χ0v) is 15.4. The van der Waals surface area contributed by atoms with Crippen LogP contribution in [0.5, 0.6) is 0 Å². The van der Waals surface area contributed by atoms with Crippen LogP contribution >= 0.6 is 0 Å². The summed E-state index contributed by atoms with van der Waals surface area (Å²) in [5.74, 6) is -0.282. The monoisotopic (exact) mass is 359 g/mol. The Morgan fingerprint density at radius 2 is 1.89 bits per heavy atom. The lowest BCUT2D eigenvalue weighted by Gasteiger charge is -2.22. The predicted molar refractivity (Wildman–Crippen MR) is 107 cm³/mol. The molecule has 1 aromatic heterocycles. The number of nitrogens with two attached hydrogens (primary N) is 1. The average molecular weight is 359 g/mol. The first-order valence-electron chi connectivity index (χ1n) is 9.08. The number of aryl methyl sites for hydroxylation is 1. The molecule has 2 N–H and O–H groups in total. The van der Waals surface area contributed by atoms with Gasteiger partial charge < -0.3 is 10.6 Å². The van der Waals surface area contributed by atoms with Gasteiger partial charge in [-0.05, 0) is 56.2 Å². The van der Waals surface area contributed by atoms with E-state index in [0.29, 0.717) is 12.0 Å². The van der Waals surface area contributed by atoms with Crippen molar-refractivity contribution < 1.29 is 9.59 Å². The predicted octanol–water partition coefficient (Wildman–Crippen LogP) is 3.82. The van der Waals surface area contributed by atoms with Gasteiger partial charge in [0.15, 0.2) is 0 Å². The third-order valence-corrected chi connectivity index (χ3v) is 5.23. The molecule has 1 fully saturated rings. The summed E-state index contributed by atoms with van der Waals surface area (Å²) in [6.45, 7) is 4.12. The number of pyridine rings is 1. The van der Waals surface area contributed by atoms with Crippen molar-refractivity contribution in [2.75, 3.05) is 4.90 Å². The second-order valence-electron chi connectivity index (χ2n) is 7.12. The highest BCUT2D eigenvalue weighted by atomic mass is 16.2.